The fourth-order valence-electron chi connectivity index (χ4n) is 0.922. The zero-order chi connectivity index (χ0) is 12.7. The molecule has 0 aliphatic heterocycles. The molecule has 1 heterocycles. The molecule has 1 aromatic rings. The Kier molecular flexibility index (Phi) is 6.68. The summed E-state index contributed by atoms with van der Waals surface area (Å²) in [4.78, 5) is 19.4. The molecule has 8 heteroatoms. The summed E-state index contributed by atoms with van der Waals surface area (Å²) in [7, 11) is 1.58. The molecule has 0 aliphatic carbocycles. The molecule has 0 fully saturated rings. The molecule has 0 aromatic carbocycles. The molecule has 0 atom stereocenters. The highest BCUT2D eigenvalue weighted by Gasteiger charge is 2.02. The van der Waals surface area contributed by atoms with E-state index in [9.17, 15) is 4.79 Å². The summed E-state index contributed by atoms with van der Waals surface area (Å²) in [6.45, 7) is 0.602. The molecule has 0 spiro atoms. The maximum Gasteiger partial charge on any atom is 0.326 e. The lowest BCUT2D eigenvalue weighted by Crippen LogP contribution is -2.33. The number of amides is 2. The van der Waals surface area contributed by atoms with Crippen LogP contribution in [0, 0.1) is 0 Å². The first kappa shape index (κ1) is 14.6. The van der Waals surface area contributed by atoms with Crippen molar-refractivity contribution in [2.45, 2.75) is 5.75 Å². The van der Waals surface area contributed by atoms with Crippen molar-refractivity contribution in [3.63, 3.8) is 0 Å². The van der Waals surface area contributed by atoms with Crippen molar-refractivity contribution in [3.05, 3.63) is 22.7 Å². The van der Waals surface area contributed by atoms with Gasteiger partial charge in [-0.15, -0.1) is 0 Å². The first-order valence-electron chi connectivity index (χ1n) is 4.84. The molecular weight excluding hydrogens is 324 g/mol. The van der Waals surface area contributed by atoms with Crippen LogP contribution in [0.5, 0.6) is 0 Å². The molecule has 17 heavy (non-hydrogen) atoms. The molecular formula is C9H13BrN4OS2. The first-order valence-corrected chi connectivity index (χ1v) is 7.19. The van der Waals surface area contributed by atoms with Gasteiger partial charge in [-0.25, -0.2) is 14.8 Å². The monoisotopic (exact) mass is 336 g/mol. The number of nitrogens with one attached hydrogen (secondary N) is 1. The SMILES string of the molecule is CN(S)C(=O)NCCSCc1ncc(Br)cn1. The second-order valence-electron chi connectivity index (χ2n) is 3.13. The number of rotatable bonds is 5. The molecule has 1 aromatic heterocycles. The van der Waals surface area contributed by atoms with E-state index in [-0.39, 0.29) is 6.03 Å². The van der Waals surface area contributed by atoms with Crippen LogP contribution in [0.2, 0.25) is 0 Å². The number of hydrogen-bond acceptors (Lipinski definition) is 5. The maximum atomic E-state index is 11.1. The molecule has 0 saturated heterocycles. The van der Waals surface area contributed by atoms with Crippen LogP contribution in [0.4, 0.5) is 4.79 Å². The van der Waals surface area contributed by atoms with Gasteiger partial charge in [0.15, 0.2) is 0 Å². The highest BCUT2D eigenvalue weighted by molar-refractivity contribution is 9.10. The third kappa shape index (κ3) is 6.13. The van der Waals surface area contributed by atoms with Gasteiger partial charge in [-0.05, 0) is 15.9 Å². The van der Waals surface area contributed by atoms with Crippen molar-refractivity contribution in [1.29, 1.82) is 0 Å². The van der Waals surface area contributed by atoms with Crippen molar-refractivity contribution >= 4 is 46.5 Å². The van der Waals surface area contributed by atoms with E-state index in [2.05, 4.69) is 44.0 Å². The van der Waals surface area contributed by atoms with Crippen molar-refractivity contribution in [2.75, 3.05) is 19.3 Å². The Bertz CT molecular complexity index is 361. The second-order valence-corrected chi connectivity index (χ2v) is 5.75. The van der Waals surface area contributed by atoms with E-state index in [1.807, 2.05) is 0 Å². The second kappa shape index (κ2) is 7.78. The highest BCUT2D eigenvalue weighted by Crippen LogP contribution is 2.09. The van der Waals surface area contributed by atoms with Crippen LogP contribution in [0.1, 0.15) is 5.82 Å². The number of thiol groups is 1. The number of hydrogen-bond donors (Lipinski definition) is 2. The molecule has 1 rings (SSSR count). The van der Waals surface area contributed by atoms with E-state index in [0.717, 1.165) is 21.8 Å². The van der Waals surface area contributed by atoms with Gasteiger partial charge >= 0.3 is 6.03 Å². The van der Waals surface area contributed by atoms with Crippen LogP contribution in [0.25, 0.3) is 0 Å². The number of carbonyl (C=O) groups excluding carboxylic acids is 1. The highest BCUT2D eigenvalue weighted by atomic mass is 79.9. The van der Waals surface area contributed by atoms with E-state index in [4.69, 9.17) is 0 Å². The summed E-state index contributed by atoms with van der Waals surface area (Å²) < 4.78 is 2.08. The molecule has 94 valence electrons. The Labute approximate surface area is 118 Å². The molecule has 0 aliphatic rings. The number of halogens is 1. The number of carbonyl (C=O) groups is 1. The summed E-state index contributed by atoms with van der Waals surface area (Å²) >= 11 is 8.82. The summed E-state index contributed by atoms with van der Waals surface area (Å²) in [6.07, 6.45) is 3.45. The Balaban J connectivity index is 2.12. The quantitative estimate of drug-likeness (QED) is 0.637. The predicted octanol–water partition coefficient (Wildman–Crippen LogP) is 1.96. The first-order chi connectivity index (χ1) is 8.09. The topological polar surface area (TPSA) is 58.1 Å². The van der Waals surface area contributed by atoms with Gasteiger partial charge in [-0.1, -0.05) is 12.8 Å². The summed E-state index contributed by atoms with van der Waals surface area (Å²) in [5.41, 5.74) is 0. The molecule has 0 bridgehead atoms. The van der Waals surface area contributed by atoms with Crippen LogP contribution in [0.15, 0.2) is 16.9 Å². The molecule has 2 amide bonds. The van der Waals surface area contributed by atoms with Gasteiger partial charge in [0, 0.05) is 31.7 Å². The van der Waals surface area contributed by atoms with Gasteiger partial charge in [-0.3, -0.25) is 4.31 Å². The van der Waals surface area contributed by atoms with E-state index < -0.39 is 0 Å². The van der Waals surface area contributed by atoms with Crippen molar-refractivity contribution in [1.82, 2.24) is 19.6 Å². The van der Waals surface area contributed by atoms with Crippen molar-refractivity contribution in [3.8, 4) is 0 Å². The van der Waals surface area contributed by atoms with Crippen LogP contribution in [-0.2, 0) is 5.75 Å². The minimum absolute atomic E-state index is 0.200. The van der Waals surface area contributed by atoms with Crippen LogP contribution < -0.4 is 5.32 Å². The number of thioether (sulfide) groups is 1. The Hall–Kier alpha value is -0.470. The van der Waals surface area contributed by atoms with E-state index in [0.29, 0.717) is 6.54 Å². The van der Waals surface area contributed by atoms with Gasteiger partial charge in [-0.2, -0.15) is 11.8 Å². The van der Waals surface area contributed by atoms with Gasteiger partial charge in [0.2, 0.25) is 0 Å². The molecule has 0 unspecified atom stereocenters. The van der Waals surface area contributed by atoms with Gasteiger partial charge in [0.25, 0.3) is 0 Å². The van der Waals surface area contributed by atoms with Crippen LogP contribution >= 0.6 is 40.5 Å². The van der Waals surface area contributed by atoms with E-state index in [1.54, 1.807) is 31.2 Å². The van der Waals surface area contributed by atoms with Crippen LogP contribution in [0.3, 0.4) is 0 Å². The third-order valence-electron chi connectivity index (χ3n) is 1.72. The molecule has 1 N–H and O–H groups in total. The van der Waals surface area contributed by atoms with Crippen molar-refractivity contribution in [2.24, 2.45) is 0 Å². The van der Waals surface area contributed by atoms with Crippen LogP contribution in [-0.4, -0.2) is 39.6 Å². The average Bonchev–Trinajstić information content (AvgIpc) is 2.30. The number of urea groups is 1. The number of nitrogens with zero attached hydrogens (tertiary/aromatic N) is 3. The molecule has 5 nitrogen and oxygen atoms in total. The van der Waals surface area contributed by atoms with Gasteiger partial charge < -0.3 is 5.32 Å². The smallest absolute Gasteiger partial charge is 0.326 e. The average molecular weight is 337 g/mol. The molecule has 0 saturated carbocycles. The standard InChI is InChI=1S/C9H13BrN4OS2/c1-14(16)9(15)11-2-3-17-6-8-12-4-7(10)5-13-8/h4-5,16H,2-3,6H2,1H3,(H,11,15). The van der Waals surface area contributed by atoms with E-state index in [1.165, 1.54) is 4.31 Å². The lowest BCUT2D eigenvalue weighted by molar-refractivity contribution is 0.231. The van der Waals surface area contributed by atoms with Gasteiger partial charge in [0.05, 0.1) is 10.2 Å². The minimum atomic E-state index is -0.200. The third-order valence-corrected chi connectivity index (χ3v) is 3.27. The minimum Gasteiger partial charge on any atom is -0.336 e. The number of aromatic nitrogens is 2. The zero-order valence-corrected chi connectivity index (χ0v) is 12.6. The van der Waals surface area contributed by atoms with E-state index >= 15 is 0 Å². The van der Waals surface area contributed by atoms with Crippen molar-refractivity contribution < 1.29 is 4.79 Å². The Morgan fingerprint density at radius 3 is 2.82 bits per heavy atom. The molecule has 0 radical (unpaired) electrons. The predicted molar refractivity (Wildman–Crippen MR) is 76.0 cm³/mol. The Morgan fingerprint density at radius 2 is 2.24 bits per heavy atom. The zero-order valence-electron chi connectivity index (χ0n) is 9.26. The summed E-state index contributed by atoms with van der Waals surface area (Å²) in [5, 5.41) is 2.72. The lowest BCUT2D eigenvalue weighted by atomic mass is 10.6. The fourth-order valence-corrected chi connectivity index (χ4v) is 1.92. The summed E-state index contributed by atoms with van der Waals surface area (Å²) in [6, 6.07) is -0.200. The maximum absolute atomic E-state index is 11.1. The fraction of sp³-hybridized carbons (Fsp3) is 0.444. The van der Waals surface area contributed by atoms with Gasteiger partial charge in [0.1, 0.15) is 5.82 Å². The normalized spacial score (nSPS) is 10.1. The summed E-state index contributed by atoms with van der Waals surface area (Å²) in [5.74, 6) is 2.34. The lowest BCUT2D eigenvalue weighted by Gasteiger charge is -2.09. The largest absolute Gasteiger partial charge is 0.336 e. The Morgan fingerprint density at radius 1 is 1.59 bits per heavy atom.